The van der Waals surface area contributed by atoms with Gasteiger partial charge < -0.3 is 15.0 Å². The van der Waals surface area contributed by atoms with Crippen LogP contribution in [0.2, 0.25) is 0 Å². The Balaban J connectivity index is 2.38. The second kappa shape index (κ2) is 10.2. The second-order valence-electron chi connectivity index (χ2n) is 5.79. The van der Waals surface area contributed by atoms with Crippen LogP contribution in [0.15, 0.2) is 24.3 Å². The average Bonchev–Trinajstić information content (AvgIpc) is 2.48. The lowest BCUT2D eigenvalue weighted by Gasteiger charge is -2.21. The van der Waals surface area contributed by atoms with Gasteiger partial charge in [0.1, 0.15) is 5.75 Å². The lowest BCUT2D eigenvalue weighted by Crippen LogP contribution is -2.38. The van der Waals surface area contributed by atoms with Gasteiger partial charge in [0, 0.05) is 19.6 Å². The number of ether oxygens (including phenoxy) is 1. The van der Waals surface area contributed by atoms with Crippen molar-refractivity contribution in [3.05, 3.63) is 29.8 Å². The first-order valence-electron chi connectivity index (χ1n) is 8.30. The van der Waals surface area contributed by atoms with Crippen molar-refractivity contribution >= 4 is 5.91 Å². The Hall–Kier alpha value is -1.55. The molecule has 0 aliphatic heterocycles. The highest BCUT2D eigenvalue weighted by Crippen LogP contribution is 2.13. The van der Waals surface area contributed by atoms with Crippen molar-refractivity contribution in [2.45, 2.75) is 53.2 Å². The predicted molar refractivity (Wildman–Crippen MR) is 91.1 cm³/mol. The minimum Gasteiger partial charge on any atom is -0.491 e. The minimum absolute atomic E-state index is 0.184. The number of nitrogens with one attached hydrogen (secondary N) is 1. The Kier molecular flexibility index (Phi) is 8.60. The van der Waals surface area contributed by atoms with Crippen molar-refractivity contribution in [3.8, 4) is 5.75 Å². The molecule has 0 spiro atoms. The third kappa shape index (κ3) is 6.94. The molecule has 22 heavy (non-hydrogen) atoms. The van der Waals surface area contributed by atoms with Crippen molar-refractivity contribution < 1.29 is 9.53 Å². The van der Waals surface area contributed by atoms with Crippen LogP contribution in [0, 0.1) is 0 Å². The van der Waals surface area contributed by atoms with Gasteiger partial charge in [0.05, 0.1) is 12.6 Å². The van der Waals surface area contributed by atoms with Gasteiger partial charge in [0.25, 0.3) is 0 Å². The van der Waals surface area contributed by atoms with Crippen LogP contribution in [-0.4, -0.2) is 36.5 Å². The van der Waals surface area contributed by atoms with E-state index < -0.39 is 0 Å². The highest BCUT2D eigenvalue weighted by molar-refractivity contribution is 5.78. The van der Waals surface area contributed by atoms with Crippen LogP contribution in [0.1, 0.15) is 46.1 Å². The first-order chi connectivity index (χ1) is 10.6. The van der Waals surface area contributed by atoms with Crippen LogP contribution in [0.5, 0.6) is 5.75 Å². The summed E-state index contributed by atoms with van der Waals surface area (Å²) in [6, 6.07) is 8.01. The minimum atomic E-state index is 0.184. The number of rotatable bonds is 10. The van der Waals surface area contributed by atoms with Crippen LogP contribution < -0.4 is 10.1 Å². The van der Waals surface area contributed by atoms with Gasteiger partial charge >= 0.3 is 0 Å². The second-order valence-corrected chi connectivity index (χ2v) is 5.79. The van der Waals surface area contributed by atoms with Gasteiger partial charge in [-0.05, 0) is 44.4 Å². The smallest absolute Gasteiger partial charge is 0.236 e. The van der Waals surface area contributed by atoms with Crippen LogP contribution in [0.25, 0.3) is 0 Å². The normalized spacial score (nSPS) is 10.8. The van der Waals surface area contributed by atoms with Crippen molar-refractivity contribution in [1.29, 1.82) is 0 Å². The van der Waals surface area contributed by atoms with E-state index in [4.69, 9.17) is 4.74 Å². The molecule has 1 N–H and O–H groups in total. The molecule has 1 amide bonds. The van der Waals surface area contributed by atoms with Gasteiger partial charge in [-0.2, -0.15) is 0 Å². The van der Waals surface area contributed by atoms with Crippen LogP contribution in [0.4, 0.5) is 0 Å². The zero-order valence-corrected chi connectivity index (χ0v) is 14.4. The topological polar surface area (TPSA) is 41.6 Å². The summed E-state index contributed by atoms with van der Waals surface area (Å²) in [5.41, 5.74) is 1.15. The number of benzene rings is 1. The maximum absolute atomic E-state index is 12.1. The Bertz CT molecular complexity index is 423. The summed E-state index contributed by atoms with van der Waals surface area (Å²) in [6.07, 6.45) is 2.19. The summed E-state index contributed by atoms with van der Waals surface area (Å²) in [6.45, 7) is 11.0. The predicted octanol–water partition coefficient (Wildman–Crippen LogP) is 3.21. The van der Waals surface area contributed by atoms with Crippen LogP contribution in [0.3, 0.4) is 0 Å². The van der Waals surface area contributed by atoms with Crippen LogP contribution in [-0.2, 0) is 11.3 Å². The quantitative estimate of drug-likeness (QED) is 0.721. The Morgan fingerprint density at radius 3 is 2.23 bits per heavy atom. The van der Waals surface area contributed by atoms with E-state index in [0.717, 1.165) is 37.2 Å². The highest BCUT2D eigenvalue weighted by atomic mass is 16.5. The molecular formula is C18H30N2O2. The first kappa shape index (κ1) is 18.5. The fourth-order valence-electron chi connectivity index (χ4n) is 2.28. The maximum atomic E-state index is 12.1. The molecule has 0 aromatic heterocycles. The number of amides is 1. The molecule has 0 bridgehead atoms. The number of carbonyl (C=O) groups is 1. The van der Waals surface area contributed by atoms with Crippen molar-refractivity contribution in [1.82, 2.24) is 10.2 Å². The van der Waals surface area contributed by atoms with E-state index in [1.54, 1.807) is 0 Å². The Morgan fingerprint density at radius 1 is 1.14 bits per heavy atom. The third-order valence-electron chi connectivity index (χ3n) is 3.24. The highest BCUT2D eigenvalue weighted by Gasteiger charge is 2.10. The fraction of sp³-hybridized carbons (Fsp3) is 0.611. The van der Waals surface area contributed by atoms with Crippen LogP contribution >= 0.6 is 0 Å². The molecule has 0 fully saturated rings. The molecule has 0 saturated carbocycles. The molecule has 0 unspecified atom stereocenters. The number of hydrogen-bond acceptors (Lipinski definition) is 3. The molecule has 0 atom stereocenters. The van der Waals surface area contributed by atoms with Gasteiger partial charge in [0.2, 0.25) is 5.91 Å². The third-order valence-corrected chi connectivity index (χ3v) is 3.24. The van der Waals surface area contributed by atoms with E-state index in [-0.39, 0.29) is 12.0 Å². The maximum Gasteiger partial charge on any atom is 0.236 e. The van der Waals surface area contributed by atoms with Gasteiger partial charge in [-0.25, -0.2) is 0 Å². The van der Waals surface area contributed by atoms with E-state index in [1.165, 1.54) is 0 Å². The first-order valence-corrected chi connectivity index (χ1v) is 8.30. The molecule has 0 heterocycles. The zero-order valence-electron chi connectivity index (χ0n) is 14.4. The monoisotopic (exact) mass is 306 g/mol. The molecule has 0 radical (unpaired) electrons. The van der Waals surface area contributed by atoms with E-state index in [0.29, 0.717) is 13.1 Å². The summed E-state index contributed by atoms with van der Waals surface area (Å²) < 4.78 is 5.62. The zero-order chi connectivity index (χ0) is 16.4. The summed E-state index contributed by atoms with van der Waals surface area (Å²) in [7, 11) is 0. The lowest BCUT2D eigenvalue weighted by molar-refractivity contribution is -0.130. The number of carbonyl (C=O) groups excluding carboxylic acids is 1. The molecule has 4 nitrogen and oxygen atoms in total. The molecule has 4 heteroatoms. The summed E-state index contributed by atoms with van der Waals surface area (Å²) in [5, 5.41) is 3.23. The number of hydrogen-bond donors (Lipinski definition) is 1. The SMILES string of the molecule is CCCN(CCC)C(=O)CNCc1ccc(OC(C)C)cc1. The van der Waals surface area contributed by atoms with Gasteiger partial charge in [-0.3, -0.25) is 4.79 Å². The van der Waals surface area contributed by atoms with Crippen molar-refractivity contribution in [2.24, 2.45) is 0 Å². The largest absolute Gasteiger partial charge is 0.491 e. The van der Waals surface area contributed by atoms with E-state index >= 15 is 0 Å². The summed E-state index contributed by atoms with van der Waals surface area (Å²) >= 11 is 0. The average molecular weight is 306 g/mol. The molecule has 1 aromatic rings. The number of nitrogens with zero attached hydrogens (tertiary/aromatic N) is 1. The summed E-state index contributed by atoms with van der Waals surface area (Å²) in [4.78, 5) is 14.1. The van der Waals surface area contributed by atoms with E-state index in [1.807, 2.05) is 43.0 Å². The van der Waals surface area contributed by atoms with Gasteiger partial charge in [-0.15, -0.1) is 0 Å². The lowest BCUT2D eigenvalue weighted by atomic mass is 10.2. The summed E-state index contributed by atoms with van der Waals surface area (Å²) in [5.74, 6) is 1.07. The molecule has 0 aliphatic carbocycles. The molecule has 0 aliphatic rings. The molecule has 1 aromatic carbocycles. The molecular weight excluding hydrogens is 276 g/mol. The van der Waals surface area contributed by atoms with Crippen molar-refractivity contribution in [3.63, 3.8) is 0 Å². The molecule has 124 valence electrons. The van der Waals surface area contributed by atoms with E-state index in [9.17, 15) is 4.79 Å². The van der Waals surface area contributed by atoms with Gasteiger partial charge in [0.15, 0.2) is 0 Å². The standard InChI is InChI=1S/C18H30N2O2/c1-5-11-20(12-6-2)18(21)14-19-13-16-7-9-17(10-8-16)22-15(3)4/h7-10,15,19H,5-6,11-14H2,1-4H3. The Labute approximate surface area is 134 Å². The van der Waals surface area contributed by atoms with E-state index in [2.05, 4.69) is 19.2 Å². The molecule has 0 saturated heterocycles. The Morgan fingerprint density at radius 2 is 1.73 bits per heavy atom. The van der Waals surface area contributed by atoms with Gasteiger partial charge in [-0.1, -0.05) is 26.0 Å². The fourth-order valence-corrected chi connectivity index (χ4v) is 2.28. The van der Waals surface area contributed by atoms with Crippen molar-refractivity contribution in [2.75, 3.05) is 19.6 Å². The molecule has 1 rings (SSSR count).